The van der Waals surface area contributed by atoms with Crippen LogP contribution in [-0.2, 0) is 0 Å². The van der Waals surface area contributed by atoms with Crippen LogP contribution in [-0.4, -0.2) is 29.6 Å². The number of halogens is 1. The molecule has 1 aromatic heterocycles. The normalized spacial score (nSPS) is 16.5. The van der Waals surface area contributed by atoms with Crippen LogP contribution in [0.25, 0.3) is 11.3 Å². The molecule has 1 atom stereocenters. The maximum atomic E-state index is 13.1. The fourth-order valence-corrected chi connectivity index (χ4v) is 3.46. The Morgan fingerprint density at radius 2 is 1.93 bits per heavy atom. The van der Waals surface area contributed by atoms with Gasteiger partial charge < -0.3 is 14.2 Å². The van der Waals surface area contributed by atoms with Gasteiger partial charge in [0.15, 0.2) is 11.5 Å². The average molecular weight is 366 g/mol. The van der Waals surface area contributed by atoms with Crippen molar-refractivity contribution in [1.82, 2.24) is 10.1 Å². The van der Waals surface area contributed by atoms with Gasteiger partial charge in [0.05, 0.1) is 13.2 Å². The summed E-state index contributed by atoms with van der Waals surface area (Å²) >= 11 is 0. The van der Waals surface area contributed by atoms with Crippen LogP contribution >= 0.6 is 0 Å². The van der Waals surface area contributed by atoms with Crippen molar-refractivity contribution in [3.05, 3.63) is 71.7 Å². The number of aromatic nitrogens is 1. The van der Waals surface area contributed by atoms with Gasteiger partial charge in [-0.2, -0.15) is 0 Å². The Morgan fingerprint density at radius 3 is 2.63 bits per heavy atom. The van der Waals surface area contributed by atoms with Gasteiger partial charge in [-0.15, -0.1) is 0 Å². The highest BCUT2D eigenvalue weighted by atomic mass is 19.1. The number of carbonyl (C=O) groups excluding carboxylic acids is 1. The predicted molar refractivity (Wildman–Crippen MR) is 97.9 cm³/mol. The number of likely N-dealkylation sites (tertiary alicyclic amines) is 1. The third kappa shape index (κ3) is 3.43. The number of benzene rings is 2. The van der Waals surface area contributed by atoms with Crippen molar-refractivity contribution in [1.29, 1.82) is 0 Å². The third-order valence-corrected chi connectivity index (χ3v) is 4.87. The molecule has 1 fully saturated rings. The van der Waals surface area contributed by atoms with Crippen LogP contribution in [0.3, 0.4) is 0 Å². The predicted octanol–water partition coefficient (Wildman–Crippen LogP) is 4.47. The molecule has 1 saturated heterocycles. The lowest BCUT2D eigenvalue weighted by Crippen LogP contribution is -2.30. The van der Waals surface area contributed by atoms with E-state index in [-0.39, 0.29) is 23.5 Å². The van der Waals surface area contributed by atoms with Crippen LogP contribution in [0, 0.1) is 5.82 Å². The molecule has 1 amide bonds. The quantitative estimate of drug-likeness (QED) is 0.684. The smallest absolute Gasteiger partial charge is 0.276 e. The van der Waals surface area contributed by atoms with Crippen molar-refractivity contribution < 1.29 is 18.4 Å². The molecular weight excluding hydrogens is 347 g/mol. The molecule has 2 aromatic carbocycles. The molecule has 1 aliphatic heterocycles. The molecule has 1 aliphatic rings. The van der Waals surface area contributed by atoms with Gasteiger partial charge in [0, 0.05) is 18.2 Å². The lowest BCUT2D eigenvalue weighted by molar-refractivity contribution is 0.0725. The van der Waals surface area contributed by atoms with E-state index in [2.05, 4.69) is 5.16 Å². The van der Waals surface area contributed by atoms with Gasteiger partial charge in [0.2, 0.25) is 0 Å². The Bertz CT molecular complexity index is 935. The van der Waals surface area contributed by atoms with Gasteiger partial charge in [-0.05, 0) is 54.8 Å². The zero-order valence-corrected chi connectivity index (χ0v) is 14.9. The summed E-state index contributed by atoms with van der Waals surface area (Å²) in [6.45, 7) is 0.675. The molecule has 0 aliphatic carbocycles. The van der Waals surface area contributed by atoms with E-state index in [9.17, 15) is 9.18 Å². The number of methoxy groups -OCH3 is 1. The van der Waals surface area contributed by atoms with Crippen LogP contribution in [0.2, 0.25) is 0 Å². The highest BCUT2D eigenvalue weighted by Gasteiger charge is 2.32. The zero-order valence-electron chi connectivity index (χ0n) is 14.9. The summed E-state index contributed by atoms with van der Waals surface area (Å²) in [5, 5.41) is 3.94. The van der Waals surface area contributed by atoms with Gasteiger partial charge in [-0.3, -0.25) is 4.79 Å². The molecule has 0 bridgehead atoms. The van der Waals surface area contributed by atoms with Crippen LogP contribution < -0.4 is 4.74 Å². The van der Waals surface area contributed by atoms with Gasteiger partial charge in [0.1, 0.15) is 11.6 Å². The van der Waals surface area contributed by atoms with Crippen molar-refractivity contribution in [3.63, 3.8) is 0 Å². The molecule has 0 saturated carbocycles. The van der Waals surface area contributed by atoms with E-state index >= 15 is 0 Å². The molecule has 5 nitrogen and oxygen atoms in total. The van der Waals surface area contributed by atoms with E-state index < -0.39 is 0 Å². The summed E-state index contributed by atoms with van der Waals surface area (Å²) in [7, 11) is 1.63. The molecule has 0 spiro atoms. The Hall–Kier alpha value is -3.15. The van der Waals surface area contributed by atoms with Gasteiger partial charge in [-0.1, -0.05) is 17.3 Å². The fourth-order valence-electron chi connectivity index (χ4n) is 3.46. The molecule has 3 aromatic rings. The highest BCUT2D eigenvalue weighted by molar-refractivity contribution is 5.93. The minimum Gasteiger partial charge on any atom is -0.497 e. The summed E-state index contributed by atoms with van der Waals surface area (Å²) in [6, 6.07) is 15.3. The first-order chi connectivity index (χ1) is 13.2. The van der Waals surface area contributed by atoms with Crippen LogP contribution in [0.1, 0.15) is 34.9 Å². The van der Waals surface area contributed by atoms with E-state index in [1.54, 1.807) is 25.3 Å². The Balaban J connectivity index is 1.55. The molecule has 2 heterocycles. The van der Waals surface area contributed by atoms with Crippen molar-refractivity contribution in [3.8, 4) is 17.1 Å². The Morgan fingerprint density at radius 1 is 1.19 bits per heavy atom. The largest absolute Gasteiger partial charge is 0.497 e. The summed E-state index contributed by atoms with van der Waals surface area (Å²) in [5.41, 5.74) is 2.01. The first-order valence-corrected chi connectivity index (χ1v) is 8.83. The third-order valence-electron chi connectivity index (χ3n) is 4.87. The number of amides is 1. The zero-order chi connectivity index (χ0) is 18.8. The van der Waals surface area contributed by atoms with Crippen molar-refractivity contribution in [2.75, 3.05) is 13.7 Å². The molecule has 6 heteroatoms. The van der Waals surface area contributed by atoms with Gasteiger partial charge in [0.25, 0.3) is 5.91 Å². The summed E-state index contributed by atoms with van der Waals surface area (Å²) in [5.74, 6) is 0.744. The second-order valence-corrected chi connectivity index (χ2v) is 6.51. The molecule has 0 unspecified atom stereocenters. The number of hydrogen-bond acceptors (Lipinski definition) is 4. The number of nitrogens with zero attached hydrogens (tertiary/aromatic N) is 2. The molecule has 27 heavy (non-hydrogen) atoms. The van der Waals surface area contributed by atoms with Gasteiger partial charge >= 0.3 is 0 Å². The Kier molecular flexibility index (Phi) is 4.62. The van der Waals surface area contributed by atoms with E-state index in [1.165, 1.54) is 12.1 Å². The number of rotatable bonds is 4. The lowest BCUT2D eigenvalue weighted by Gasteiger charge is -2.24. The highest BCUT2D eigenvalue weighted by Crippen LogP contribution is 2.34. The molecule has 0 N–H and O–H groups in total. The van der Waals surface area contributed by atoms with Crippen molar-refractivity contribution >= 4 is 5.91 Å². The van der Waals surface area contributed by atoms with E-state index in [0.717, 1.165) is 24.2 Å². The molecular formula is C21H19FN2O3. The maximum absolute atomic E-state index is 13.1. The average Bonchev–Trinajstić information content (AvgIpc) is 3.38. The maximum Gasteiger partial charge on any atom is 0.276 e. The Labute approximate surface area is 156 Å². The first-order valence-electron chi connectivity index (χ1n) is 8.83. The van der Waals surface area contributed by atoms with Crippen LogP contribution in [0.15, 0.2) is 59.1 Å². The fraction of sp³-hybridized carbons (Fsp3) is 0.238. The number of hydrogen-bond donors (Lipinski definition) is 0. The van der Waals surface area contributed by atoms with Crippen molar-refractivity contribution in [2.24, 2.45) is 0 Å². The standard InChI is InChI=1S/C21H19FN2O3/c1-26-17-10-6-14(7-11-17)19-3-2-12-24(19)21(25)18-13-20(27-23-18)15-4-8-16(22)9-5-15/h4-11,13,19H,2-3,12H2,1H3/t19-/m1/s1. The summed E-state index contributed by atoms with van der Waals surface area (Å²) in [6.07, 6.45) is 1.84. The molecule has 138 valence electrons. The first kappa shape index (κ1) is 17.3. The van der Waals surface area contributed by atoms with Crippen LogP contribution in [0.4, 0.5) is 4.39 Å². The minimum atomic E-state index is -0.325. The van der Waals surface area contributed by atoms with E-state index in [1.807, 2.05) is 29.2 Å². The lowest BCUT2D eigenvalue weighted by atomic mass is 10.0. The molecule has 4 rings (SSSR count). The van der Waals surface area contributed by atoms with E-state index in [4.69, 9.17) is 9.26 Å². The van der Waals surface area contributed by atoms with Crippen molar-refractivity contribution in [2.45, 2.75) is 18.9 Å². The number of ether oxygens (including phenoxy) is 1. The summed E-state index contributed by atoms with van der Waals surface area (Å²) in [4.78, 5) is 14.8. The topological polar surface area (TPSA) is 55.6 Å². The minimum absolute atomic E-state index is 0.00868. The summed E-state index contributed by atoms with van der Waals surface area (Å²) < 4.78 is 23.6. The van der Waals surface area contributed by atoms with Gasteiger partial charge in [-0.25, -0.2) is 4.39 Å². The van der Waals surface area contributed by atoms with Crippen LogP contribution in [0.5, 0.6) is 5.75 Å². The van der Waals surface area contributed by atoms with E-state index in [0.29, 0.717) is 17.9 Å². The monoisotopic (exact) mass is 366 g/mol. The second-order valence-electron chi connectivity index (χ2n) is 6.51. The SMILES string of the molecule is COc1ccc([C@H]2CCCN2C(=O)c2cc(-c3ccc(F)cc3)on2)cc1. The molecule has 0 radical (unpaired) electrons. The second kappa shape index (κ2) is 7.23. The number of carbonyl (C=O) groups is 1.